The minimum absolute atomic E-state index is 0. The van der Waals surface area contributed by atoms with Gasteiger partial charge in [0.2, 0.25) is 10.0 Å². The van der Waals surface area contributed by atoms with Gasteiger partial charge in [-0.2, -0.15) is 4.31 Å². The summed E-state index contributed by atoms with van der Waals surface area (Å²) >= 11 is 1.40. The van der Waals surface area contributed by atoms with Gasteiger partial charge in [0.25, 0.3) is 5.91 Å². The summed E-state index contributed by atoms with van der Waals surface area (Å²) in [7, 11) is -3.64. The number of benzene rings is 1. The molecule has 3 heterocycles. The van der Waals surface area contributed by atoms with Crippen LogP contribution in [0.25, 0.3) is 0 Å². The van der Waals surface area contributed by atoms with Gasteiger partial charge >= 0.3 is 5.97 Å². The van der Waals surface area contributed by atoms with E-state index in [1.807, 2.05) is 0 Å². The molecule has 0 unspecified atom stereocenters. The highest BCUT2D eigenvalue weighted by Crippen LogP contribution is 2.38. The Morgan fingerprint density at radius 2 is 1.80 bits per heavy atom. The Morgan fingerprint density at radius 1 is 1.11 bits per heavy atom. The minimum Gasteiger partial charge on any atom is -0.462 e. The van der Waals surface area contributed by atoms with Crippen molar-refractivity contribution in [2.45, 2.75) is 31.7 Å². The normalized spacial score (nSPS) is 16.7. The van der Waals surface area contributed by atoms with Crippen LogP contribution in [0.15, 0.2) is 29.2 Å². The molecule has 192 valence electrons. The van der Waals surface area contributed by atoms with E-state index < -0.39 is 21.9 Å². The van der Waals surface area contributed by atoms with Crippen molar-refractivity contribution in [1.29, 1.82) is 0 Å². The lowest BCUT2D eigenvalue weighted by atomic mass is 10.0. The number of halogens is 1. The second-order valence-corrected chi connectivity index (χ2v) is 11.1. The zero-order valence-corrected chi connectivity index (χ0v) is 22.2. The first-order valence-electron chi connectivity index (χ1n) is 11.4. The molecular weight excluding hydrogens is 514 g/mol. The highest BCUT2D eigenvalue weighted by atomic mass is 35.5. The van der Waals surface area contributed by atoms with Crippen molar-refractivity contribution in [1.82, 2.24) is 9.21 Å². The van der Waals surface area contributed by atoms with Crippen LogP contribution < -0.4 is 5.32 Å². The first kappa shape index (κ1) is 27.6. The van der Waals surface area contributed by atoms with Crippen molar-refractivity contribution in [3.8, 4) is 0 Å². The molecule has 12 heteroatoms. The van der Waals surface area contributed by atoms with E-state index in [0.717, 1.165) is 36.5 Å². The number of sulfonamides is 1. The summed E-state index contributed by atoms with van der Waals surface area (Å²) in [5.41, 5.74) is 1.67. The summed E-state index contributed by atoms with van der Waals surface area (Å²) < 4.78 is 37.5. The molecular formula is C23H30ClN3O6S2. The number of nitrogens with one attached hydrogen (secondary N) is 1. The number of morpholine rings is 1. The quantitative estimate of drug-likeness (QED) is 0.535. The van der Waals surface area contributed by atoms with Gasteiger partial charge in [-0.3, -0.25) is 9.69 Å². The van der Waals surface area contributed by atoms with E-state index in [1.165, 1.54) is 39.9 Å². The smallest absolute Gasteiger partial charge is 0.341 e. The lowest BCUT2D eigenvalue weighted by Gasteiger charge is -2.26. The van der Waals surface area contributed by atoms with Crippen molar-refractivity contribution in [3.63, 3.8) is 0 Å². The van der Waals surface area contributed by atoms with Gasteiger partial charge in [-0.05, 0) is 49.7 Å². The summed E-state index contributed by atoms with van der Waals surface area (Å²) in [6, 6.07) is 5.84. The molecule has 0 atom stereocenters. The maximum Gasteiger partial charge on any atom is 0.341 e. The zero-order valence-electron chi connectivity index (χ0n) is 19.7. The van der Waals surface area contributed by atoms with E-state index in [2.05, 4.69) is 17.1 Å². The molecule has 0 radical (unpaired) electrons. The number of ether oxygens (including phenoxy) is 2. The van der Waals surface area contributed by atoms with Crippen LogP contribution in [0.5, 0.6) is 0 Å². The van der Waals surface area contributed by atoms with Crippen molar-refractivity contribution < 1.29 is 27.5 Å². The highest BCUT2D eigenvalue weighted by molar-refractivity contribution is 7.89. The Labute approximate surface area is 215 Å². The van der Waals surface area contributed by atoms with Gasteiger partial charge in [-0.25, -0.2) is 13.2 Å². The molecule has 1 N–H and O–H groups in total. The summed E-state index contributed by atoms with van der Waals surface area (Å²) in [6.07, 6.45) is 0.720. The van der Waals surface area contributed by atoms with Crippen LogP contribution in [0.2, 0.25) is 0 Å². The Kier molecular flexibility index (Phi) is 9.30. The van der Waals surface area contributed by atoms with E-state index in [4.69, 9.17) is 9.47 Å². The Balaban J connectivity index is 0.00000342. The Bertz CT molecular complexity index is 1160. The zero-order chi connectivity index (χ0) is 24.3. The van der Waals surface area contributed by atoms with E-state index in [1.54, 1.807) is 6.92 Å². The molecule has 2 aromatic rings. The number of esters is 1. The molecule has 2 aliphatic heterocycles. The Morgan fingerprint density at radius 3 is 2.43 bits per heavy atom. The molecule has 9 nitrogen and oxygen atoms in total. The molecule has 0 spiro atoms. The number of amides is 1. The molecule has 1 aromatic carbocycles. The predicted octanol–water partition coefficient (Wildman–Crippen LogP) is 3.00. The van der Waals surface area contributed by atoms with E-state index in [0.29, 0.717) is 42.4 Å². The topological polar surface area (TPSA) is 105 Å². The molecule has 1 fully saturated rings. The van der Waals surface area contributed by atoms with Crippen molar-refractivity contribution in [3.05, 3.63) is 45.8 Å². The van der Waals surface area contributed by atoms with Crippen LogP contribution in [0.3, 0.4) is 0 Å². The van der Waals surface area contributed by atoms with E-state index in [9.17, 15) is 18.0 Å². The molecule has 1 amide bonds. The molecule has 0 aliphatic carbocycles. The summed E-state index contributed by atoms with van der Waals surface area (Å²) in [5.74, 6) is -0.848. The predicted molar refractivity (Wildman–Crippen MR) is 136 cm³/mol. The third-order valence-corrected chi connectivity index (χ3v) is 9.06. The van der Waals surface area contributed by atoms with Gasteiger partial charge in [0.05, 0.1) is 30.3 Å². The van der Waals surface area contributed by atoms with Crippen LogP contribution in [0.1, 0.15) is 45.0 Å². The lowest BCUT2D eigenvalue weighted by Crippen LogP contribution is -2.40. The van der Waals surface area contributed by atoms with Crippen molar-refractivity contribution >= 4 is 50.6 Å². The van der Waals surface area contributed by atoms with Gasteiger partial charge in [0.1, 0.15) is 5.00 Å². The fraction of sp³-hybridized carbons (Fsp3) is 0.478. The molecule has 1 saturated heterocycles. The molecule has 0 saturated carbocycles. The maximum absolute atomic E-state index is 13.0. The van der Waals surface area contributed by atoms with Gasteiger partial charge in [0, 0.05) is 36.6 Å². The number of nitrogens with zero attached hydrogens (tertiary/aromatic N) is 2. The average Bonchev–Trinajstić information content (AvgIpc) is 3.21. The van der Waals surface area contributed by atoms with Crippen LogP contribution in [0.4, 0.5) is 5.00 Å². The Hall–Kier alpha value is -2.02. The monoisotopic (exact) mass is 543 g/mol. The fourth-order valence-electron chi connectivity index (χ4n) is 4.12. The van der Waals surface area contributed by atoms with E-state index >= 15 is 0 Å². The number of thiophene rings is 1. The SMILES string of the molecule is CCOC(=O)c1c(NC(=O)c2ccc(S(=O)(=O)N3CCOCC3)cc2)sc2c1CCN(CC)C2.Cl. The largest absolute Gasteiger partial charge is 0.462 e. The molecule has 4 rings (SSSR count). The van der Waals surface area contributed by atoms with Crippen LogP contribution >= 0.6 is 23.7 Å². The van der Waals surface area contributed by atoms with Gasteiger partial charge in [-0.1, -0.05) is 6.92 Å². The van der Waals surface area contributed by atoms with Gasteiger partial charge < -0.3 is 14.8 Å². The average molecular weight is 544 g/mol. The van der Waals surface area contributed by atoms with Gasteiger partial charge in [0.15, 0.2) is 0 Å². The number of anilines is 1. The van der Waals surface area contributed by atoms with Crippen molar-refractivity contribution in [2.75, 3.05) is 51.3 Å². The third-order valence-electron chi connectivity index (χ3n) is 6.01. The fourth-order valence-corrected chi connectivity index (χ4v) is 6.80. The summed E-state index contributed by atoms with van der Waals surface area (Å²) in [6.45, 7) is 7.92. The molecule has 35 heavy (non-hydrogen) atoms. The number of rotatable bonds is 7. The minimum atomic E-state index is -3.64. The van der Waals surface area contributed by atoms with Crippen LogP contribution in [0, 0.1) is 0 Å². The number of carbonyl (C=O) groups is 2. The second-order valence-electron chi connectivity index (χ2n) is 8.04. The maximum atomic E-state index is 13.0. The number of fused-ring (bicyclic) bond motifs is 1. The lowest BCUT2D eigenvalue weighted by molar-refractivity contribution is 0.0526. The summed E-state index contributed by atoms with van der Waals surface area (Å²) in [4.78, 5) is 29.2. The van der Waals surface area contributed by atoms with Crippen molar-refractivity contribution in [2.24, 2.45) is 0 Å². The third kappa shape index (κ3) is 5.87. The van der Waals surface area contributed by atoms with Gasteiger partial charge in [-0.15, -0.1) is 23.7 Å². The highest BCUT2D eigenvalue weighted by Gasteiger charge is 2.30. The van der Waals surface area contributed by atoms with E-state index in [-0.39, 0.29) is 23.9 Å². The second kappa shape index (κ2) is 11.8. The number of likely N-dealkylation sites (N-methyl/N-ethyl adjacent to an activating group) is 1. The molecule has 0 bridgehead atoms. The number of carbonyl (C=O) groups excluding carboxylic acids is 2. The standard InChI is InChI=1S/C23H29N3O6S2.ClH/c1-3-25-10-9-18-19(15-25)33-22(20(18)23(28)32-4-2)24-21(27)16-5-7-17(8-6-16)34(29,30)26-11-13-31-14-12-26;/h5-8H,3-4,9-15H2,1-2H3,(H,24,27);1H. The number of hydrogen-bond donors (Lipinski definition) is 1. The molecule has 2 aliphatic rings. The van der Waals surface area contributed by atoms with Crippen LogP contribution in [-0.2, 0) is 32.5 Å². The first-order valence-corrected chi connectivity index (χ1v) is 13.6. The van der Waals surface area contributed by atoms with Crippen LogP contribution in [-0.4, -0.2) is 75.5 Å². The molecule has 1 aromatic heterocycles. The first-order chi connectivity index (χ1) is 16.3. The number of hydrogen-bond acceptors (Lipinski definition) is 8. The summed E-state index contributed by atoms with van der Waals surface area (Å²) in [5, 5.41) is 3.33.